The van der Waals surface area contributed by atoms with Gasteiger partial charge in [0, 0.05) is 56.1 Å². The second-order valence-electron chi connectivity index (χ2n) is 8.94. The number of likely N-dealkylation sites (tertiary alicyclic amines) is 1. The zero-order valence-corrected chi connectivity index (χ0v) is 17.6. The van der Waals surface area contributed by atoms with E-state index in [2.05, 4.69) is 61.3 Å². The summed E-state index contributed by atoms with van der Waals surface area (Å²) in [5, 5.41) is 0. The highest BCUT2D eigenvalue weighted by atomic mass is 16.7. The van der Waals surface area contributed by atoms with Gasteiger partial charge in [-0.15, -0.1) is 0 Å². The molecule has 3 heterocycles. The van der Waals surface area contributed by atoms with Crippen molar-refractivity contribution in [3.8, 4) is 0 Å². The van der Waals surface area contributed by atoms with Crippen molar-refractivity contribution in [2.75, 3.05) is 31.1 Å². The Morgan fingerprint density at radius 1 is 1.22 bits per heavy atom. The molecule has 3 rings (SSSR count). The number of hydrogen-bond acceptors (Lipinski definition) is 7. The zero-order valence-electron chi connectivity index (χ0n) is 17.6. The first-order chi connectivity index (χ1) is 12.6. The minimum Gasteiger partial charge on any atom is -0.399 e. The Kier molecular flexibility index (Phi) is 5.82. The van der Waals surface area contributed by atoms with E-state index in [1.165, 1.54) is 0 Å². The molecule has 0 amide bonds. The summed E-state index contributed by atoms with van der Waals surface area (Å²) in [6.45, 7) is 16.3. The smallest absolute Gasteiger partial charge is 0.399 e. The molecule has 0 spiro atoms. The summed E-state index contributed by atoms with van der Waals surface area (Å²) < 4.78 is 12.2. The first-order valence-electron chi connectivity index (χ1n) is 10.0. The van der Waals surface area contributed by atoms with E-state index in [9.17, 15) is 0 Å². The molecular weight excluding hydrogens is 341 g/mol. The van der Waals surface area contributed by atoms with E-state index >= 15 is 0 Å². The fraction of sp³-hybridized carbons (Fsp3) is 0.789. The van der Waals surface area contributed by atoms with Crippen LogP contribution in [0.15, 0.2) is 12.4 Å². The highest BCUT2D eigenvalue weighted by Crippen LogP contribution is 2.36. The lowest BCUT2D eigenvalue weighted by molar-refractivity contribution is 0.00578. The molecule has 2 aliphatic rings. The van der Waals surface area contributed by atoms with E-state index < -0.39 is 7.12 Å². The van der Waals surface area contributed by atoms with Crippen LogP contribution in [-0.2, 0) is 9.31 Å². The molecule has 1 aromatic heterocycles. The third kappa shape index (κ3) is 4.13. The predicted molar refractivity (Wildman–Crippen MR) is 109 cm³/mol. The fourth-order valence-corrected chi connectivity index (χ4v) is 3.81. The Morgan fingerprint density at radius 2 is 1.81 bits per heavy atom. The lowest BCUT2D eigenvalue weighted by Crippen LogP contribution is -2.44. The molecule has 1 unspecified atom stereocenters. The van der Waals surface area contributed by atoms with Gasteiger partial charge in [-0.25, -0.2) is 9.97 Å². The minimum absolute atomic E-state index is 0.329. The van der Waals surface area contributed by atoms with Crippen LogP contribution in [0.4, 0.5) is 5.95 Å². The molecule has 0 aliphatic carbocycles. The number of nitrogens with zero attached hydrogens (tertiary/aromatic N) is 4. The largest absolute Gasteiger partial charge is 0.498 e. The average Bonchev–Trinajstić information content (AvgIpc) is 3.10. The lowest BCUT2D eigenvalue weighted by Gasteiger charge is -2.33. The van der Waals surface area contributed by atoms with Gasteiger partial charge in [0.25, 0.3) is 0 Å². The van der Waals surface area contributed by atoms with E-state index in [1.807, 2.05) is 12.4 Å². The molecule has 0 radical (unpaired) electrons. The van der Waals surface area contributed by atoms with Gasteiger partial charge in [0.15, 0.2) is 0 Å². The molecule has 0 aromatic carbocycles. The first kappa shape index (κ1) is 20.5. The van der Waals surface area contributed by atoms with Crippen molar-refractivity contribution in [2.45, 2.75) is 71.2 Å². The van der Waals surface area contributed by atoms with E-state index in [4.69, 9.17) is 15.0 Å². The van der Waals surface area contributed by atoms with Crippen LogP contribution in [0.3, 0.4) is 0 Å². The summed E-state index contributed by atoms with van der Waals surface area (Å²) in [6.07, 6.45) is 4.79. The van der Waals surface area contributed by atoms with E-state index in [-0.39, 0.29) is 11.2 Å². The van der Waals surface area contributed by atoms with E-state index in [0.29, 0.717) is 18.6 Å². The highest BCUT2D eigenvalue weighted by molar-refractivity contribution is 6.61. The second kappa shape index (κ2) is 7.66. The Balaban J connectivity index is 1.73. The normalized spacial score (nSPS) is 24.7. The summed E-state index contributed by atoms with van der Waals surface area (Å²) >= 11 is 0. The third-order valence-electron chi connectivity index (χ3n) is 6.06. The molecule has 2 N–H and O–H groups in total. The van der Waals surface area contributed by atoms with Gasteiger partial charge in [-0.1, -0.05) is 0 Å². The average molecular weight is 375 g/mol. The quantitative estimate of drug-likeness (QED) is 0.744. The van der Waals surface area contributed by atoms with Gasteiger partial charge in [-0.2, -0.15) is 0 Å². The Bertz CT molecular complexity index is 621. The molecule has 2 aliphatic heterocycles. The lowest BCUT2D eigenvalue weighted by atomic mass is 9.81. The van der Waals surface area contributed by atoms with Crippen LogP contribution in [-0.4, -0.2) is 71.5 Å². The predicted octanol–water partition coefficient (Wildman–Crippen LogP) is 1.02. The van der Waals surface area contributed by atoms with Gasteiger partial charge in [0.2, 0.25) is 5.95 Å². The monoisotopic (exact) mass is 375 g/mol. The summed E-state index contributed by atoms with van der Waals surface area (Å²) in [5.74, 6) is 0.768. The van der Waals surface area contributed by atoms with Crippen LogP contribution in [0.1, 0.15) is 48.0 Å². The molecule has 0 bridgehead atoms. The van der Waals surface area contributed by atoms with Gasteiger partial charge in [-0.3, -0.25) is 4.90 Å². The van der Waals surface area contributed by atoms with Gasteiger partial charge < -0.3 is 19.9 Å². The Morgan fingerprint density at radius 3 is 2.33 bits per heavy atom. The molecule has 7 nitrogen and oxygen atoms in total. The molecule has 8 heteroatoms. The van der Waals surface area contributed by atoms with Crippen LogP contribution >= 0.6 is 0 Å². The fourth-order valence-electron chi connectivity index (χ4n) is 3.81. The van der Waals surface area contributed by atoms with Crippen molar-refractivity contribution in [3.05, 3.63) is 12.4 Å². The molecular formula is C19H34BN5O2. The summed E-state index contributed by atoms with van der Waals surface area (Å²) in [5.41, 5.74) is 5.84. The summed E-state index contributed by atoms with van der Waals surface area (Å²) in [7, 11) is -0.428. The summed E-state index contributed by atoms with van der Waals surface area (Å²) in [4.78, 5) is 14.1. The van der Waals surface area contributed by atoms with Crippen molar-refractivity contribution < 1.29 is 9.31 Å². The number of nitrogens with two attached hydrogens (primary N) is 1. The standard InChI is InChI=1S/C19H34BN5O2/c1-14(2)25(16-7-9-24(13-16)10-8-21)17-22-11-15(12-23-17)20-26-18(3,4)19(5,6)27-20/h11-12,14,16H,7-10,13,21H2,1-6H3. The first-order valence-corrected chi connectivity index (χ1v) is 10.0. The van der Waals surface area contributed by atoms with Crippen molar-refractivity contribution in [1.29, 1.82) is 0 Å². The highest BCUT2D eigenvalue weighted by Gasteiger charge is 2.52. The molecule has 0 saturated carbocycles. The third-order valence-corrected chi connectivity index (χ3v) is 6.06. The van der Waals surface area contributed by atoms with Crippen molar-refractivity contribution in [2.24, 2.45) is 5.73 Å². The van der Waals surface area contributed by atoms with E-state index in [1.54, 1.807) is 0 Å². The van der Waals surface area contributed by atoms with Crippen LogP contribution in [0.5, 0.6) is 0 Å². The maximum atomic E-state index is 6.10. The van der Waals surface area contributed by atoms with Crippen molar-refractivity contribution in [1.82, 2.24) is 14.9 Å². The Hall–Kier alpha value is -1.22. The number of hydrogen-bond donors (Lipinski definition) is 1. The number of anilines is 1. The summed E-state index contributed by atoms with van der Waals surface area (Å²) in [6, 6.07) is 0.745. The number of rotatable bonds is 6. The molecule has 1 aromatic rings. The molecule has 150 valence electrons. The second-order valence-corrected chi connectivity index (χ2v) is 8.94. The molecule has 1 atom stereocenters. The van der Waals surface area contributed by atoms with Gasteiger partial charge in [-0.05, 0) is 48.0 Å². The van der Waals surface area contributed by atoms with Crippen molar-refractivity contribution in [3.63, 3.8) is 0 Å². The van der Waals surface area contributed by atoms with Crippen molar-refractivity contribution >= 4 is 18.5 Å². The molecule has 2 fully saturated rings. The Labute approximate surface area is 163 Å². The molecule has 27 heavy (non-hydrogen) atoms. The van der Waals surface area contributed by atoms with Crippen LogP contribution < -0.4 is 16.1 Å². The SMILES string of the molecule is CC(C)N(c1ncc(B2OC(C)(C)C(C)(C)O2)cn1)C1CCN(CCN)C1. The topological polar surface area (TPSA) is 76.7 Å². The number of aromatic nitrogens is 2. The van der Waals surface area contributed by atoms with Crippen LogP contribution in [0.25, 0.3) is 0 Å². The van der Waals surface area contributed by atoms with Gasteiger partial charge in [0.1, 0.15) is 0 Å². The maximum Gasteiger partial charge on any atom is 0.498 e. The molecule has 2 saturated heterocycles. The minimum atomic E-state index is -0.428. The zero-order chi connectivity index (χ0) is 19.8. The maximum absolute atomic E-state index is 6.10. The van der Waals surface area contributed by atoms with Crippen LogP contribution in [0.2, 0.25) is 0 Å². The van der Waals surface area contributed by atoms with E-state index in [0.717, 1.165) is 37.5 Å². The van der Waals surface area contributed by atoms with Gasteiger partial charge in [0.05, 0.1) is 11.2 Å². The van der Waals surface area contributed by atoms with Crippen LogP contribution in [0, 0.1) is 0 Å². The van der Waals surface area contributed by atoms with Gasteiger partial charge >= 0.3 is 7.12 Å².